The van der Waals surface area contributed by atoms with Gasteiger partial charge in [0.2, 0.25) is 5.91 Å². The zero-order valence-corrected chi connectivity index (χ0v) is 16.1. The lowest BCUT2D eigenvalue weighted by atomic mass is 10.3. The number of nitrogens with one attached hydrogen (secondary N) is 1. The van der Waals surface area contributed by atoms with Crippen molar-refractivity contribution in [3.63, 3.8) is 0 Å². The maximum atomic E-state index is 11.1. The highest BCUT2D eigenvalue weighted by Crippen LogP contribution is 2.37. The van der Waals surface area contributed by atoms with Crippen LogP contribution in [0.1, 0.15) is 11.9 Å². The van der Waals surface area contributed by atoms with E-state index in [1.54, 1.807) is 23.5 Å². The average molecular weight is 456 g/mol. The molecule has 0 bridgehead atoms. The molecule has 0 atom stereocenters. The van der Waals surface area contributed by atoms with Crippen LogP contribution >= 0.6 is 43.2 Å². The fraction of sp³-hybridized carbons (Fsp3) is 0.125. The highest BCUT2D eigenvalue weighted by Gasteiger charge is 2.11. The van der Waals surface area contributed by atoms with Gasteiger partial charge in [-0.3, -0.25) is 4.79 Å². The summed E-state index contributed by atoms with van der Waals surface area (Å²) in [5, 5.41) is 3.65. The molecule has 0 saturated heterocycles. The van der Waals surface area contributed by atoms with Crippen molar-refractivity contribution >= 4 is 65.0 Å². The number of aromatic nitrogens is 1. The topological polar surface area (TPSA) is 51.2 Å². The summed E-state index contributed by atoms with van der Waals surface area (Å²) in [6.07, 6.45) is 0. The first kappa shape index (κ1) is 16.4. The molecule has 3 rings (SSSR count). The molecule has 0 radical (unpaired) electrons. The Hall–Kier alpha value is -1.44. The van der Waals surface area contributed by atoms with Crippen molar-refractivity contribution < 1.29 is 9.53 Å². The molecule has 0 unspecified atom stereocenters. The Kier molecular flexibility index (Phi) is 4.99. The first-order chi connectivity index (χ1) is 11.0. The van der Waals surface area contributed by atoms with Gasteiger partial charge in [0.15, 0.2) is 0 Å². The molecular weight excluding hydrogens is 444 g/mol. The maximum Gasteiger partial charge on any atom is 0.221 e. The number of rotatable bonds is 4. The van der Waals surface area contributed by atoms with E-state index in [0.29, 0.717) is 18.0 Å². The van der Waals surface area contributed by atoms with Crippen LogP contribution in [0.3, 0.4) is 0 Å². The molecule has 2 aromatic carbocycles. The van der Waals surface area contributed by atoms with Crippen molar-refractivity contribution in [1.29, 1.82) is 0 Å². The number of nitrogens with zero attached hydrogens (tertiary/aromatic N) is 1. The molecule has 0 aliphatic carbocycles. The molecule has 0 saturated carbocycles. The summed E-state index contributed by atoms with van der Waals surface area (Å²) in [5.41, 5.74) is 1.68. The minimum Gasteiger partial charge on any atom is -0.484 e. The Morgan fingerprint density at radius 2 is 1.96 bits per heavy atom. The third-order valence-electron chi connectivity index (χ3n) is 3.00. The lowest BCUT2D eigenvalue weighted by Gasteiger charge is -2.11. The van der Waals surface area contributed by atoms with Gasteiger partial charge in [-0.15, -0.1) is 11.3 Å². The van der Waals surface area contributed by atoms with Crippen molar-refractivity contribution in [2.24, 2.45) is 0 Å². The van der Waals surface area contributed by atoms with Gasteiger partial charge in [-0.05, 0) is 56.1 Å². The maximum absolute atomic E-state index is 11.1. The molecule has 1 amide bonds. The van der Waals surface area contributed by atoms with E-state index in [4.69, 9.17) is 4.74 Å². The number of carbonyl (C=O) groups is 1. The average Bonchev–Trinajstić information content (AvgIpc) is 2.88. The minimum atomic E-state index is -0.119. The SMILES string of the molecule is CC(=O)Nc1cc(Br)c(OCc2nc3ccccc3s2)c(Br)c1. The fourth-order valence-corrected chi connectivity index (χ4v) is 4.38. The van der Waals surface area contributed by atoms with Crippen molar-refractivity contribution in [3.05, 3.63) is 50.4 Å². The van der Waals surface area contributed by atoms with Crippen LogP contribution in [0, 0.1) is 0 Å². The van der Waals surface area contributed by atoms with Gasteiger partial charge in [0.25, 0.3) is 0 Å². The Morgan fingerprint density at radius 1 is 1.26 bits per heavy atom. The van der Waals surface area contributed by atoms with Gasteiger partial charge >= 0.3 is 0 Å². The summed E-state index contributed by atoms with van der Waals surface area (Å²) in [6, 6.07) is 11.6. The third-order valence-corrected chi connectivity index (χ3v) is 5.18. The molecule has 0 aliphatic rings. The van der Waals surface area contributed by atoms with Crippen molar-refractivity contribution in [2.45, 2.75) is 13.5 Å². The third kappa shape index (κ3) is 3.91. The van der Waals surface area contributed by atoms with Crippen molar-refractivity contribution in [2.75, 3.05) is 5.32 Å². The number of fused-ring (bicyclic) bond motifs is 1. The first-order valence-electron chi connectivity index (χ1n) is 6.77. The van der Waals surface area contributed by atoms with Gasteiger partial charge in [-0.25, -0.2) is 4.98 Å². The molecule has 23 heavy (non-hydrogen) atoms. The number of hydrogen-bond donors (Lipinski definition) is 1. The van der Waals surface area contributed by atoms with E-state index >= 15 is 0 Å². The number of benzene rings is 2. The van der Waals surface area contributed by atoms with E-state index in [9.17, 15) is 4.79 Å². The van der Waals surface area contributed by atoms with Crippen LogP contribution in [-0.2, 0) is 11.4 Å². The summed E-state index contributed by atoms with van der Waals surface area (Å²) in [4.78, 5) is 15.7. The molecule has 0 fully saturated rings. The highest BCUT2D eigenvalue weighted by molar-refractivity contribution is 9.11. The van der Waals surface area contributed by atoms with Crippen molar-refractivity contribution in [3.8, 4) is 5.75 Å². The van der Waals surface area contributed by atoms with Gasteiger partial charge in [-0.1, -0.05) is 12.1 Å². The van der Waals surface area contributed by atoms with E-state index in [1.165, 1.54) is 6.92 Å². The predicted molar refractivity (Wildman–Crippen MR) is 100 cm³/mol. The summed E-state index contributed by atoms with van der Waals surface area (Å²) in [7, 11) is 0. The fourth-order valence-electron chi connectivity index (χ4n) is 2.09. The van der Waals surface area contributed by atoms with Gasteiger partial charge in [0.1, 0.15) is 17.4 Å². The number of halogens is 2. The Bertz CT molecular complexity index is 823. The van der Waals surface area contributed by atoms with Crippen LogP contribution in [0.15, 0.2) is 45.3 Å². The number of para-hydroxylation sites is 1. The van der Waals surface area contributed by atoms with E-state index in [2.05, 4.69) is 42.2 Å². The number of carbonyl (C=O) groups excluding carboxylic acids is 1. The minimum absolute atomic E-state index is 0.119. The highest BCUT2D eigenvalue weighted by atomic mass is 79.9. The normalized spacial score (nSPS) is 10.7. The summed E-state index contributed by atoms with van der Waals surface area (Å²) < 4.78 is 8.55. The Labute approximate surface area is 154 Å². The molecule has 1 N–H and O–H groups in total. The second-order valence-electron chi connectivity index (χ2n) is 4.81. The van der Waals surface area contributed by atoms with Gasteiger partial charge in [0.05, 0.1) is 19.2 Å². The summed E-state index contributed by atoms with van der Waals surface area (Å²) in [5.74, 6) is 0.560. The number of thiazole rings is 1. The molecule has 1 heterocycles. The molecule has 1 aromatic heterocycles. The lowest BCUT2D eigenvalue weighted by Crippen LogP contribution is -2.06. The molecule has 118 valence electrons. The Balaban J connectivity index is 1.78. The molecule has 0 aliphatic heterocycles. The van der Waals surface area contributed by atoms with Gasteiger partial charge < -0.3 is 10.1 Å². The smallest absolute Gasteiger partial charge is 0.221 e. The number of anilines is 1. The first-order valence-corrected chi connectivity index (χ1v) is 9.17. The molecular formula is C16H12Br2N2O2S. The summed E-state index contributed by atoms with van der Waals surface area (Å²) >= 11 is 8.56. The van der Waals surface area contributed by atoms with Crippen LogP contribution in [0.2, 0.25) is 0 Å². The van der Waals surface area contributed by atoms with E-state index in [0.717, 1.165) is 24.2 Å². The largest absolute Gasteiger partial charge is 0.484 e. The van der Waals surface area contributed by atoms with E-state index < -0.39 is 0 Å². The number of amides is 1. The molecule has 4 nitrogen and oxygen atoms in total. The van der Waals surface area contributed by atoms with Crippen molar-refractivity contribution in [1.82, 2.24) is 4.98 Å². The van der Waals surface area contributed by atoms with E-state index in [1.807, 2.05) is 24.3 Å². The zero-order chi connectivity index (χ0) is 16.4. The standard InChI is InChI=1S/C16H12Br2N2O2S/c1-9(21)19-10-6-11(17)16(12(18)7-10)22-8-15-20-13-4-2-3-5-14(13)23-15/h2-7H,8H2,1H3,(H,19,21). The van der Waals surface area contributed by atoms with Crippen LogP contribution in [-0.4, -0.2) is 10.9 Å². The Morgan fingerprint density at radius 3 is 2.61 bits per heavy atom. The summed E-state index contributed by atoms with van der Waals surface area (Å²) in [6.45, 7) is 1.86. The van der Waals surface area contributed by atoms with Gasteiger partial charge in [0, 0.05) is 12.6 Å². The van der Waals surface area contributed by atoms with Crippen LogP contribution in [0.4, 0.5) is 5.69 Å². The number of ether oxygens (including phenoxy) is 1. The lowest BCUT2D eigenvalue weighted by molar-refractivity contribution is -0.114. The zero-order valence-electron chi connectivity index (χ0n) is 12.1. The second kappa shape index (κ2) is 6.98. The molecule has 0 spiro atoms. The second-order valence-corrected chi connectivity index (χ2v) is 7.64. The van der Waals surface area contributed by atoms with Crippen LogP contribution in [0.5, 0.6) is 5.75 Å². The van der Waals surface area contributed by atoms with Gasteiger partial charge in [-0.2, -0.15) is 0 Å². The molecule has 7 heteroatoms. The van der Waals surface area contributed by atoms with Crippen LogP contribution < -0.4 is 10.1 Å². The number of hydrogen-bond acceptors (Lipinski definition) is 4. The monoisotopic (exact) mass is 454 g/mol. The quantitative estimate of drug-likeness (QED) is 0.576. The van der Waals surface area contributed by atoms with E-state index in [-0.39, 0.29) is 5.91 Å². The molecule has 3 aromatic rings. The van der Waals surface area contributed by atoms with Crippen LogP contribution in [0.25, 0.3) is 10.2 Å². The predicted octanol–water partition coefficient (Wildman–Crippen LogP) is 5.36.